The first-order chi connectivity index (χ1) is 12.9. The highest BCUT2D eigenvalue weighted by Crippen LogP contribution is 2.40. The van der Waals surface area contributed by atoms with Gasteiger partial charge in [-0.05, 0) is 53.9 Å². The maximum Gasteiger partial charge on any atom is -0.00141 e. The zero-order valence-corrected chi connectivity index (χ0v) is 14.2. The van der Waals surface area contributed by atoms with Crippen molar-refractivity contribution in [3.05, 3.63) is 97.1 Å². The van der Waals surface area contributed by atoms with E-state index in [1.807, 2.05) is 0 Å². The average Bonchev–Trinajstić information content (AvgIpc) is 2.73. The minimum absolute atomic E-state index is 1.30. The molecule has 6 aromatic rings. The summed E-state index contributed by atoms with van der Waals surface area (Å²) in [6.45, 7) is 0. The van der Waals surface area contributed by atoms with E-state index in [1.54, 1.807) is 0 Å². The Bertz CT molecular complexity index is 1430. The first-order valence-electron chi connectivity index (χ1n) is 9.05. The Labute approximate surface area is 151 Å². The molecular weight excluding hydrogens is 312 g/mol. The molecule has 0 radical (unpaired) electrons. The lowest BCUT2D eigenvalue weighted by Crippen LogP contribution is -1.86. The van der Waals surface area contributed by atoms with Gasteiger partial charge in [0.1, 0.15) is 0 Å². The van der Waals surface area contributed by atoms with Crippen LogP contribution in [0.25, 0.3) is 53.9 Å². The number of hydrogen-bond donors (Lipinski definition) is 0. The van der Waals surface area contributed by atoms with Crippen molar-refractivity contribution in [2.45, 2.75) is 0 Å². The van der Waals surface area contributed by atoms with Gasteiger partial charge in [-0.2, -0.15) is 0 Å². The van der Waals surface area contributed by atoms with Crippen molar-refractivity contribution in [2.24, 2.45) is 0 Å². The van der Waals surface area contributed by atoms with E-state index in [0.29, 0.717) is 0 Å². The molecule has 6 rings (SSSR count). The maximum absolute atomic E-state index is 2.29. The molecule has 0 saturated heterocycles. The SMILES string of the molecule is c1ccc2c(c1)ccc1ccc3c4ccccc4c4ccccc4c3c12. The van der Waals surface area contributed by atoms with Crippen LogP contribution in [-0.2, 0) is 0 Å². The quantitative estimate of drug-likeness (QED) is 0.254. The van der Waals surface area contributed by atoms with Crippen LogP contribution in [0.4, 0.5) is 0 Å². The lowest BCUT2D eigenvalue weighted by molar-refractivity contribution is 1.78. The smallest absolute Gasteiger partial charge is 0.00141 e. The summed E-state index contributed by atoms with van der Waals surface area (Å²) in [6.07, 6.45) is 0. The van der Waals surface area contributed by atoms with Crippen molar-refractivity contribution in [3.63, 3.8) is 0 Å². The molecule has 0 unspecified atom stereocenters. The van der Waals surface area contributed by atoms with Crippen LogP contribution in [0, 0.1) is 0 Å². The average molecular weight is 328 g/mol. The zero-order chi connectivity index (χ0) is 17.1. The number of hydrogen-bond acceptors (Lipinski definition) is 0. The van der Waals surface area contributed by atoms with Gasteiger partial charge in [0.2, 0.25) is 0 Å². The first kappa shape index (κ1) is 13.9. The molecule has 0 aliphatic rings. The molecule has 0 spiro atoms. The minimum Gasteiger partial charge on any atom is -0.0616 e. The third-order valence-corrected chi connectivity index (χ3v) is 5.61. The number of fused-ring (bicyclic) bond motifs is 10. The molecule has 0 fully saturated rings. The number of rotatable bonds is 0. The fourth-order valence-electron chi connectivity index (χ4n) is 4.49. The second kappa shape index (κ2) is 5.06. The summed E-state index contributed by atoms with van der Waals surface area (Å²) in [6, 6.07) is 35.3. The van der Waals surface area contributed by atoms with Crippen LogP contribution in [0.1, 0.15) is 0 Å². The fourth-order valence-corrected chi connectivity index (χ4v) is 4.49. The van der Waals surface area contributed by atoms with Gasteiger partial charge in [0.05, 0.1) is 0 Å². The van der Waals surface area contributed by atoms with Crippen molar-refractivity contribution in [2.75, 3.05) is 0 Å². The predicted octanol–water partition coefficient (Wildman–Crippen LogP) is 7.45. The Kier molecular flexibility index (Phi) is 2.70. The van der Waals surface area contributed by atoms with Crippen molar-refractivity contribution >= 4 is 53.9 Å². The second-order valence-electron chi connectivity index (χ2n) is 6.96. The monoisotopic (exact) mass is 328 g/mol. The maximum atomic E-state index is 2.29. The van der Waals surface area contributed by atoms with E-state index in [2.05, 4.69) is 97.1 Å². The topological polar surface area (TPSA) is 0 Å². The van der Waals surface area contributed by atoms with Gasteiger partial charge in [0.25, 0.3) is 0 Å². The highest BCUT2D eigenvalue weighted by molar-refractivity contribution is 6.34. The van der Waals surface area contributed by atoms with Crippen molar-refractivity contribution < 1.29 is 0 Å². The largest absolute Gasteiger partial charge is 0.0616 e. The van der Waals surface area contributed by atoms with E-state index < -0.39 is 0 Å². The molecule has 0 aliphatic carbocycles. The van der Waals surface area contributed by atoms with Crippen molar-refractivity contribution in [1.82, 2.24) is 0 Å². The van der Waals surface area contributed by atoms with Gasteiger partial charge in [0, 0.05) is 0 Å². The lowest BCUT2D eigenvalue weighted by atomic mass is 9.89. The van der Waals surface area contributed by atoms with E-state index in [9.17, 15) is 0 Å². The fraction of sp³-hybridized carbons (Fsp3) is 0. The summed E-state index contributed by atoms with van der Waals surface area (Å²) in [5.41, 5.74) is 0. The van der Waals surface area contributed by atoms with Gasteiger partial charge in [-0.3, -0.25) is 0 Å². The summed E-state index contributed by atoms with van der Waals surface area (Å²) < 4.78 is 0. The van der Waals surface area contributed by atoms with E-state index in [1.165, 1.54) is 53.9 Å². The van der Waals surface area contributed by atoms with Crippen LogP contribution in [-0.4, -0.2) is 0 Å². The molecule has 6 aromatic carbocycles. The van der Waals surface area contributed by atoms with Crippen LogP contribution < -0.4 is 0 Å². The van der Waals surface area contributed by atoms with Crippen LogP contribution in [0.5, 0.6) is 0 Å². The van der Waals surface area contributed by atoms with Crippen molar-refractivity contribution in [1.29, 1.82) is 0 Å². The molecule has 0 bridgehead atoms. The number of benzene rings is 6. The summed E-state index contributed by atoms with van der Waals surface area (Å²) in [4.78, 5) is 0. The van der Waals surface area contributed by atoms with Gasteiger partial charge >= 0.3 is 0 Å². The normalized spacial score (nSPS) is 11.8. The van der Waals surface area contributed by atoms with Gasteiger partial charge in [0.15, 0.2) is 0 Å². The van der Waals surface area contributed by atoms with Gasteiger partial charge < -0.3 is 0 Å². The van der Waals surface area contributed by atoms with Crippen LogP contribution in [0.15, 0.2) is 97.1 Å². The Morgan fingerprint density at radius 2 is 0.731 bits per heavy atom. The molecular formula is C26H16. The Hall–Kier alpha value is -3.38. The Morgan fingerprint density at radius 1 is 0.269 bits per heavy atom. The van der Waals surface area contributed by atoms with Gasteiger partial charge in [-0.1, -0.05) is 97.1 Å². The third kappa shape index (κ3) is 1.74. The van der Waals surface area contributed by atoms with Crippen LogP contribution in [0.2, 0.25) is 0 Å². The molecule has 0 aromatic heterocycles. The first-order valence-corrected chi connectivity index (χ1v) is 9.05. The van der Waals surface area contributed by atoms with E-state index >= 15 is 0 Å². The Balaban J connectivity index is 2.06. The summed E-state index contributed by atoms with van der Waals surface area (Å²) >= 11 is 0. The molecule has 0 atom stereocenters. The molecule has 0 heterocycles. The molecule has 0 heteroatoms. The predicted molar refractivity (Wildman–Crippen MR) is 114 cm³/mol. The molecule has 26 heavy (non-hydrogen) atoms. The van der Waals surface area contributed by atoms with Crippen molar-refractivity contribution in [3.8, 4) is 0 Å². The zero-order valence-electron chi connectivity index (χ0n) is 14.2. The molecule has 0 N–H and O–H groups in total. The third-order valence-electron chi connectivity index (χ3n) is 5.61. The van der Waals surface area contributed by atoms with Gasteiger partial charge in [-0.15, -0.1) is 0 Å². The van der Waals surface area contributed by atoms with E-state index in [4.69, 9.17) is 0 Å². The summed E-state index contributed by atoms with van der Waals surface area (Å²) in [7, 11) is 0. The van der Waals surface area contributed by atoms with Crippen LogP contribution >= 0.6 is 0 Å². The molecule has 0 saturated carbocycles. The highest BCUT2D eigenvalue weighted by atomic mass is 14.1. The standard InChI is InChI=1S/C26H16/c1-2-8-19-17(7-1)13-14-18-15-16-24-22-11-4-3-9-20(22)21-10-5-6-12-23(21)26(24)25(18)19/h1-16H. The molecule has 0 nitrogen and oxygen atoms in total. The van der Waals surface area contributed by atoms with Gasteiger partial charge in [-0.25, -0.2) is 0 Å². The van der Waals surface area contributed by atoms with E-state index in [0.717, 1.165) is 0 Å². The Morgan fingerprint density at radius 3 is 1.46 bits per heavy atom. The van der Waals surface area contributed by atoms with E-state index in [-0.39, 0.29) is 0 Å². The summed E-state index contributed by atoms with van der Waals surface area (Å²) in [5.74, 6) is 0. The molecule has 120 valence electrons. The second-order valence-corrected chi connectivity index (χ2v) is 6.96. The summed E-state index contributed by atoms with van der Waals surface area (Å²) in [5, 5.41) is 13.3. The lowest BCUT2D eigenvalue weighted by Gasteiger charge is -2.14. The van der Waals surface area contributed by atoms with Crippen LogP contribution in [0.3, 0.4) is 0 Å². The minimum atomic E-state index is 1.30. The molecule has 0 aliphatic heterocycles. The molecule has 0 amide bonds. The highest BCUT2D eigenvalue weighted by Gasteiger charge is 2.12.